The highest BCUT2D eigenvalue weighted by Crippen LogP contribution is 2.21. The third-order valence-corrected chi connectivity index (χ3v) is 7.70. The highest BCUT2D eigenvalue weighted by molar-refractivity contribution is 6.60. The predicted molar refractivity (Wildman–Crippen MR) is 88.8 cm³/mol. The summed E-state index contributed by atoms with van der Waals surface area (Å²) in [5.74, 6) is 0.548. The lowest BCUT2D eigenvalue weighted by Crippen LogP contribution is -2.46. The first-order valence-electron chi connectivity index (χ1n) is 8.09. The Labute approximate surface area is 128 Å². The van der Waals surface area contributed by atoms with E-state index in [0.717, 1.165) is 12.7 Å². The third-order valence-electron chi connectivity index (χ3n) is 2.83. The summed E-state index contributed by atoms with van der Waals surface area (Å²) in [5, 5.41) is 0. The zero-order valence-corrected chi connectivity index (χ0v) is 16.5. The Bertz CT molecular complexity index is 183. The molecule has 122 valence electrons. The van der Waals surface area contributed by atoms with Gasteiger partial charge in [-0.05, 0) is 39.2 Å². The van der Waals surface area contributed by atoms with Gasteiger partial charge >= 0.3 is 8.80 Å². The summed E-state index contributed by atoms with van der Waals surface area (Å²) in [5.41, 5.74) is 0. The van der Waals surface area contributed by atoms with Crippen LogP contribution in [0.25, 0.3) is 0 Å². The number of hydrogen-bond donors (Lipinski definition) is 0. The summed E-state index contributed by atoms with van der Waals surface area (Å²) in [6.07, 6.45) is 2.75. The smallest absolute Gasteiger partial charge is 0.424 e. The van der Waals surface area contributed by atoms with Crippen molar-refractivity contribution < 1.29 is 17.7 Å². The molecule has 0 atom stereocenters. The van der Waals surface area contributed by atoms with Gasteiger partial charge in [-0.25, -0.2) is 0 Å². The largest absolute Gasteiger partial charge is 0.501 e. The first kappa shape index (κ1) is 20.3. The fourth-order valence-electron chi connectivity index (χ4n) is 2.15. The fourth-order valence-corrected chi connectivity index (χ4v) is 6.24. The van der Waals surface area contributed by atoms with E-state index in [-0.39, 0.29) is 9.76 Å². The van der Waals surface area contributed by atoms with E-state index in [2.05, 4.69) is 13.8 Å². The van der Waals surface area contributed by atoms with Crippen molar-refractivity contribution in [2.75, 3.05) is 26.4 Å². The van der Waals surface area contributed by atoms with Crippen LogP contribution in [0.5, 0.6) is 0 Å². The molecule has 1 fully saturated rings. The predicted octanol–water partition coefficient (Wildman–Crippen LogP) is 2.99. The van der Waals surface area contributed by atoms with Crippen molar-refractivity contribution in [3.05, 3.63) is 0 Å². The van der Waals surface area contributed by atoms with Crippen molar-refractivity contribution in [3.63, 3.8) is 0 Å². The highest BCUT2D eigenvalue weighted by atomic mass is 28.4. The molecule has 0 bridgehead atoms. The van der Waals surface area contributed by atoms with Gasteiger partial charge in [0.1, 0.15) is 0 Å². The van der Waals surface area contributed by atoms with Gasteiger partial charge in [0, 0.05) is 32.5 Å². The zero-order valence-electron chi connectivity index (χ0n) is 14.1. The molecule has 20 heavy (non-hydrogen) atoms. The van der Waals surface area contributed by atoms with E-state index in [0.29, 0.717) is 25.7 Å². The monoisotopic (exact) mass is 322 g/mol. The van der Waals surface area contributed by atoms with Gasteiger partial charge in [0.2, 0.25) is 0 Å². The van der Waals surface area contributed by atoms with Crippen LogP contribution in [-0.2, 0) is 17.7 Å². The van der Waals surface area contributed by atoms with E-state index in [1.807, 2.05) is 20.8 Å². The molecule has 0 radical (unpaired) electrons. The summed E-state index contributed by atoms with van der Waals surface area (Å²) in [6, 6.07) is 2.32. The van der Waals surface area contributed by atoms with Gasteiger partial charge in [-0.3, -0.25) is 0 Å². The zero-order chi connectivity index (χ0) is 15.3. The van der Waals surface area contributed by atoms with Crippen LogP contribution < -0.4 is 0 Å². The lowest BCUT2D eigenvalue weighted by molar-refractivity contribution is 0.0683. The quantitative estimate of drug-likeness (QED) is 0.644. The van der Waals surface area contributed by atoms with E-state index >= 15 is 0 Å². The third kappa shape index (κ3) is 10.1. The molecule has 0 aromatic heterocycles. The molecule has 0 saturated carbocycles. The Morgan fingerprint density at radius 3 is 1.75 bits per heavy atom. The maximum atomic E-state index is 5.72. The molecule has 6 heteroatoms. The van der Waals surface area contributed by atoms with Crippen molar-refractivity contribution >= 4 is 18.6 Å². The van der Waals surface area contributed by atoms with Crippen molar-refractivity contribution in [1.29, 1.82) is 0 Å². The second-order valence-corrected chi connectivity index (χ2v) is 9.42. The summed E-state index contributed by atoms with van der Waals surface area (Å²) >= 11 is 0. The van der Waals surface area contributed by atoms with Gasteiger partial charge < -0.3 is 17.7 Å². The minimum absolute atomic E-state index is 0.00849. The lowest BCUT2D eigenvalue weighted by atomic mass is 10.3. The van der Waals surface area contributed by atoms with Crippen LogP contribution >= 0.6 is 0 Å². The average molecular weight is 323 g/mol. The maximum absolute atomic E-state index is 5.72. The van der Waals surface area contributed by atoms with Gasteiger partial charge in [-0.1, -0.05) is 20.3 Å². The molecule has 0 aromatic rings. The van der Waals surface area contributed by atoms with E-state index < -0.39 is 8.80 Å². The van der Waals surface area contributed by atoms with E-state index in [1.165, 1.54) is 18.9 Å². The SMILES string of the molecule is C1CC[SiH2]OC1.CCO[Si](CC(C)C)(OCC)OCC. The molecule has 1 saturated heterocycles. The van der Waals surface area contributed by atoms with E-state index in [1.54, 1.807) is 0 Å². The molecular weight excluding hydrogens is 288 g/mol. The Morgan fingerprint density at radius 2 is 1.55 bits per heavy atom. The minimum Gasteiger partial charge on any atom is -0.424 e. The van der Waals surface area contributed by atoms with E-state index in [4.69, 9.17) is 17.7 Å². The molecule has 1 rings (SSSR count). The molecule has 0 aliphatic carbocycles. The Balaban J connectivity index is 0.000000493. The van der Waals surface area contributed by atoms with Gasteiger partial charge in [-0.15, -0.1) is 0 Å². The molecule has 0 aromatic carbocycles. The molecule has 0 spiro atoms. The Kier molecular flexibility index (Phi) is 13.2. The van der Waals surface area contributed by atoms with Crippen molar-refractivity contribution in [2.24, 2.45) is 5.92 Å². The molecule has 0 unspecified atom stereocenters. The summed E-state index contributed by atoms with van der Waals surface area (Å²) < 4.78 is 22.4. The second kappa shape index (κ2) is 13.0. The molecule has 0 amide bonds. The maximum Gasteiger partial charge on any atom is 0.501 e. The van der Waals surface area contributed by atoms with E-state index in [9.17, 15) is 0 Å². The number of hydrogen-bond acceptors (Lipinski definition) is 4. The van der Waals surface area contributed by atoms with Crippen LogP contribution in [0.4, 0.5) is 0 Å². The van der Waals surface area contributed by atoms with Gasteiger partial charge in [0.05, 0.1) is 0 Å². The van der Waals surface area contributed by atoms with Crippen molar-refractivity contribution in [3.8, 4) is 0 Å². The minimum atomic E-state index is -2.36. The van der Waals surface area contributed by atoms with Crippen LogP contribution in [0, 0.1) is 5.92 Å². The van der Waals surface area contributed by atoms with Crippen LogP contribution in [-0.4, -0.2) is 45.0 Å². The Morgan fingerprint density at radius 1 is 1.00 bits per heavy atom. The topological polar surface area (TPSA) is 36.9 Å². The fraction of sp³-hybridized carbons (Fsp3) is 1.00. The lowest BCUT2D eigenvalue weighted by Gasteiger charge is -2.29. The second-order valence-electron chi connectivity index (χ2n) is 5.25. The average Bonchev–Trinajstić information content (AvgIpc) is 2.41. The van der Waals surface area contributed by atoms with Gasteiger partial charge in [0.15, 0.2) is 9.76 Å². The molecular formula is C14H34O4Si2. The Hall–Kier alpha value is 0.274. The molecule has 4 nitrogen and oxygen atoms in total. The molecule has 1 aliphatic rings. The van der Waals surface area contributed by atoms with Crippen LogP contribution in [0.1, 0.15) is 47.5 Å². The van der Waals surface area contributed by atoms with Crippen LogP contribution in [0.15, 0.2) is 0 Å². The first-order valence-corrected chi connectivity index (χ1v) is 11.6. The molecule has 1 heterocycles. The van der Waals surface area contributed by atoms with Gasteiger partial charge in [0.25, 0.3) is 0 Å². The normalized spacial score (nSPS) is 17.1. The summed E-state index contributed by atoms with van der Waals surface area (Å²) in [7, 11) is -2.35. The van der Waals surface area contributed by atoms with Gasteiger partial charge in [-0.2, -0.15) is 0 Å². The van der Waals surface area contributed by atoms with Crippen molar-refractivity contribution in [2.45, 2.75) is 59.5 Å². The first-order chi connectivity index (χ1) is 9.60. The molecule has 0 N–H and O–H groups in total. The molecule has 1 aliphatic heterocycles. The van der Waals surface area contributed by atoms with Crippen molar-refractivity contribution in [1.82, 2.24) is 0 Å². The number of rotatable bonds is 8. The van der Waals surface area contributed by atoms with Crippen LogP contribution in [0.3, 0.4) is 0 Å². The summed E-state index contributed by atoms with van der Waals surface area (Å²) in [6.45, 7) is 13.3. The highest BCUT2D eigenvalue weighted by Gasteiger charge is 2.40. The standard InChI is InChI=1S/C10H24O3Si.C4H10OSi/c1-6-11-14(12-7-2,13-8-3)9-10(4)5;1-2-4-6-5-3-1/h10H,6-9H2,1-5H3;1-4,6H2. The van der Waals surface area contributed by atoms with Crippen LogP contribution in [0.2, 0.25) is 12.1 Å². The summed E-state index contributed by atoms with van der Waals surface area (Å²) in [4.78, 5) is 0.